The van der Waals surface area contributed by atoms with Gasteiger partial charge in [-0.05, 0) is 34.8 Å². The summed E-state index contributed by atoms with van der Waals surface area (Å²) in [6, 6.07) is 2.11. The first-order valence-electron chi connectivity index (χ1n) is 5.39. The van der Waals surface area contributed by atoms with E-state index in [1.165, 1.54) is 30.6 Å². The van der Waals surface area contributed by atoms with E-state index in [0.717, 1.165) is 4.47 Å². The normalized spacial score (nSPS) is 19.6. The third-order valence-electron chi connectivity index (χ3n) is 2.78. The molecule has 1 heterocycles. The zero-order chi connectivity index (χ0) is 10.7. The van der Waals surface area contributed by atoms with Crippen LogP contribution in [0, 0.1) is 0 Å². The largest absolute Gasteiger partial charge is 0.368 e. The minimum Gasteiger partial charge on any atom is -0.368 e. The lowest BCUT2D eigenvalue weighted by atomic mass is 10.2. The molecule has 0 aromatic carbocycles. The summed E-state index contributed by atoms with van der Waals surface area (Å²) < 4.78 is 7.15. The number of halogens is 1. The third-order valence-corrected chi connectivity index (χ3v) is 4.56. The Kier molecular flexibility index (Phi) is 4.20. The zero-order valence-corrected chi connectivity index (χ0v) is 11.0. The number of nitrogens with two attached hydrogens (primary N) is 1. The Balaban J connectivity index is 1.97. The Morgan fingerprint density at radius 1 is 1.53 bits per heavy atom. The van der Waals surface area contributed by atoms with E-state index in [4.69, 9.17) is 10.5 Å². The van der Waals surface area contributed by atoms with E-state index < -0.39 is 0 Å². The highest BCUT2D eigenvalue weighted by Gasteiger charge is 2.21. The Morgan fingerprint density at radius 2 is 2.27 bits per heavy atom. The van der Waals surface area contributed by atoms with E-state index in [9.17, 15) is 0 Å². The summed E-state index contributed by atoms with van der Waals surface area (Å²) in [6.07, 6.45) is 5.52. The van der Waals surface area contributed by atoms with Crippen molar-refractivity contribution in [3.63, 3.8) is 0 Å². The molecule has 1 fully saturated rings. The third kappa shape index (κ3) is 3.03. The predicted octanol–water partition coefficient (Wildman–Crippen LogP) is 3.47. The molecule has 2 nitrogen and oxygen atoms in total. The van der Waals surface area contributed by atoms with Gasteiger partial charge in [0, 0.05) is 21.3 Å². The average Bonchev–Trinajstić information content (AvgIpc) is 2.85. The van der Waals surface area contributed by atoms with Gasteiger partial charge in [0.05, 0.1) is 6.10 Å². The molecule has 0 radical (unpaired) electrons. The van der Waals surface area contributed by atoms with E-state index in [0.29, 0.717) is 12.6 Å². The van der Waals surface area contributed by atoms with Crippen molar-refractivity contribution >= 4 is 27.3 Å². The molecule has 1 aromatic rings. The maximum absolute atomic E-state index is 6.02. The van der Waals surface area contributed by atoms with Crippen LogP contribution in [0.15, 0.2) is 15.9 Å². The van der Waals surface area contributed by atoms with Gasteiger partial charge in [-0.3, -0.25) is 0 Å². The second-order valence-corrected chi connectivity index (χ2v) is 5.79. The van der Waals surface area contributed by atoms with Crippen molar-refractivity contribution in [3.05, 3.63) is 20.8 Å². The fraction of sp³-hybridized carbons (Fsp3) is 0.636. The molecule has 1 aromatic heterocycles. The summed E-state index contributed by atoms with van der Waals surface area (Å²) in [5, 5.41) is 2.08. The maximum Gasteiger partial charge on any atom is 0.104 e. The predicted molar refractivity (Wildman–Crippen MR) is 67.2 cm³/mol. The van der Waals surface area contributed by atoms with E-state index >= 15 is 0 Å². The van der Waals surface area contributed by atoms with Gasteiger partial charge in [0.1, 0.15) is 6.10 Å². The summed E-state index contributed by atoms with van der Waals surface area (Å²) in [4.78, 5) is 1.23. The Labute approximate surface area is 103 Å². The van der Waals surface area contributed by atoms with Gasteiger partial charge in [-0.15, -0.1) is 11.3 Å². The summed E-state index contributed by atoms with van der Waals surface area (Å²) >= 11 is 5.17. The molecule has 0 bridgehead atoms. The molecule has 1 aliphatic rings. The Bertz CT molecular complexity index is 309. The quantitative estimate of drug-likeness (QED) is 0.921. The fourth-order valence-corrected chi connectivity index (χ4v) is 3.49. The summed E-state index contributed by atoms with van der Waals surface area (Å²) in [5.41, 5.74) is 5.76. The van der Waals surface area contributed by atoms with Crippen LogP contribution in [0.4, 0.5) is 0 Å². The van der Waals surface area contributed by atoms with E-state index in [1.54, 1.807) is 11.3 Å². The van der Waals surface area contributed by atoms with E-state index in [1.807, 2.05) is 0 Å². The van der Waals surface area contributed by atoms with Gasteiger partial charge in [0.15, 0.2) is 0 Å². The Morgan fingerprint density at radius 3 is 2.80 bits per heavy atom. The molecule has 2 N–H and O–H groups in total. The molecule has 0 aliphatic heterocycles. The zero-order valence-electron chi connectivity index (χ0n) is 8.62. The number of hydrogen-bond acceptors (Lipinski definition) is 3. The summed E-state index contributed by atoms with van der Waals surface area (Å²) in [7, 11) is 0. The van der Waals surface area contributed by atoms with Gasteiger partial charge in [0.25, 0.3) is 0 Å². The first kappa shape index (κ1) is 11.6. The molecule has 1 saturated carbocycles. The van der Waals surface area contributed by atoms with Crippen LogP contribution in [0.1, 0.15) is 36.7 Å². The van der Waals surface area contributed by atoms with Crippen molar-refractivity contribution in [1.29, 1.82) is 0 Å². The molecule has 1 unspecified atom stereocenters. The highest BCUT2D eigenvalue weighted by atomic mass is 79.9. The lowest BCUT2D eigenvalue weighted by molar-refractivity contribution is -0.00249. The number of ether oxygens (including phenoxy) is 1. The monoisotopic (exact) mass is 289 g/mol. The molecule has 84 valence electrons. The molecule has 1 atom stereocenters. The van der Waals surface area contributed by atoms with Gasteiger partial charge >= 0.3 is 0 Å². The molecular weight excluding hydrogens is 274 g/mol. The van der Waals surface area contributed by atoms with E-state index in [-0.39, 0.29) is 6.10 Å². The minimum atomic E-state index is 0.0874. The van der Waals surface area contributed by atoms with Crippen LogP contribution in [0.25, 0.3) is 0 Å². The highest BCUT2D eigenvalue weighted by Crippen LogP contribution is 2.31. The van der Waals surface area contributed by atoms with Gasteiger partial charge in [0.2, 0.25) is 0 Å². The molecule has 0 spiro atoms. The average molecular weight is 290 g/mol. The number of thiophene rings is 1. The molecule has 0 saturated heterocycles. The maximum atomic E-state index is 6.02. The van der Waals surface area contributed by atoms with Crippen LogP contribution in [-0.4, -0.2) is 12.6 Å². The molecular formula is C11H16BrNOS. The molecule has 0 amide bonds. The number of hydrogen-bond donors (Lipinski definition) is 1. The van der Waals surface area contributed by atoms with Crippen molar-refractivity contribution < 1.29 is 4.74 Å². The topological polar surface area (TPSA) is 35.2 Å². The van der Waals surface area contributed by atoms with Gasteiger partial charge in [-0.1, -0.05) is 12.8 Å². The standard InChI is InChI=1S/C11H16BrNOS/c12-8-5-11(15-7-8)10(6-13)14-9-3-1-2-4-9/h5,7,9-10H,1-4,6,13H2. The smallest absolute Gasteiger partial charge is 0.104 e. The second kappa shape index (κ2) is 5.43. The second-order valence-electron chi connectivity index (χ2n) is 3.93. The first-order valence-corrected chi connectivity index (χ1v) is 7.06. The van der Waals surface area contributed by atoms with Gasteiger partial charge in [-0.25, -0.2) is 0 Å². The molecule has 15 heavy (non-hydrogen) atoms. The Hall–Kier alpha value is 0.1000. The number of rotatable bonds is 4. The van der Waals surface area contributed by atoms with Crippen LogP contribution in [0.5, 0.6) is 0 Å². The van der Waals surface area contributed by atoms with Crippen molar-refractivity contribution in [2.24, 2.45) is 5.73 Å². The van der Waals surface area contributed by atoms with Crippen LogP contribution in [0.2, 0.25) is 0 Å². The van der Waals surface area contributed by atoms with Gasteiger partial charge in [-0.2, -0.15) is 0 Å². The first-order chi connectivity index (χ1) is 7.29. The van der Waals surface area contributed by atoms with Crippen LogP contribution >= 0.6 is 27.3 Å². The molecule has 1 aliphatic carbocycles. The minimum absolute atomic E-state index is 0.0874. The van der Waals surface area contributed by atoms with Crippen LogP contribution < -0.4 is 5.73 Å². The summed E-state index contributed by atoms with van der Waals surface area (Å²) in [6.45, 7) is 0.573. The molecule has 4 heteroatoms. The van der Waals surface area contributed by atoms with Gasteiger partial charge < -0.3 is 10.5 Å². The van der Waals surface area contributed by atoms with Crippen molar-refractivity contribution in [2.75, 3.05) is 6.54 Å². The van der Waals surface area contributed by atoms with Crippen LogP contribution in [0.3, 0.4) is 0 Å². The lowest BCUT2D eigenvalue weighted by Gasteiger charge is -2.19. The SMILES string of the molecule is NCC(OC1CCCC1)c1cc(Br)cs1. The van der Waals surface area contributed by atoms with Crippen molar-refractivity contribution in [2.45, 2.75) is 37.9 Å². The van der Waals surface area contributed by atoms with Crippen molar-refractivity contribution in [3.8, 4) is 0 Å². The lowest BCUT2D eigenvalue weighted by Crippen LogP contribution is -2.20. The highest BCUT2D eigenvalue weighted by molar-refractivity contribution is 9.10. The molecule has 2 rings (SSSR count). The van der Waals surface area contributed by atoms with Crippen LogP contribution in [-0.2, 0) is 4.74 Å². The van der Waals surface area contributed by atoms with E-state index in [2.05, 4.69) is 27.4 Å². The summed E-state index contributed by atoms with van der Waals surface area (Å²) in [5.74, 6) is 0. The fourth-order valence-electron chi connectivity index (χ4n) is 1.99. The van der Waals surface area contributed by atoms with Crippen molar-refractivity contribution in [1.82, 2.24) is 0 Å².